The molecule has 0 unspecified atom stereocenters. The standard InChI is InChI=1S/C24H25F4N3O4/c1-13-30-17-10-18(33-2)22(35-9-8-34-15-6-7-15)21(26)19(17)23(31-13)29-11-14-4-3-5-16(20(14)25)24(27,28)12-32/h3-5,10,15,32H,6-9,11-12H2,1-2H3,(H,29,30,31). The van der Waals surface area contributed by atoms with Gasteiger partial charge in [0.05, 0.1) is 36.3 Å². The molecule has 0 bridgehead atoms. The van der Waals surface area contributed by atoms with Gasteiger partial charge in [0.2, 0.25) is 0 Å². The third-order valence-corrected chi connectivity index (χ3v) is 5.50. The number of halogens is 4. The first-order chi connectivity index (χ1) is 16.7. The van der Waals surface area contributed by atoms with E-state index in [-0.39, 0.29) is 59.6 Å². The Morgan fingerprint density at radius 3 is 2.60 bits per heavy atom. The molecular weight excluding hydrogens is 470 g/mol. The van der Waals surface area contributed by atoms with E-state index in [9.17, 15) is 13.2 Å². The van der Waals surface area contributed by atoms with E-state index in [4.69, 9.17) is 19.3 Å². The van der Waals surface area contributed by atoms with Gasteiger partial charge in [0.1, 0.15) is 30.7 Å². The van der Waals surface area contributed by atoms with Crippen LogP contribution in [0, 0.1) is 18.6 Å². The normalized spacial score (nSPS) is 13.8. The number of aromatic nitrogens is 2. The average molecular weight is 495 g/mol. The molecule has 11 heteroatoms. The van der Waals surface area contributed by atoms with Gasteiger partial charge in [-0.2, -0.15) is 8.78 Å². The van der Waals surface area contributed by atoms with Gasteiger partial charge in [-0.25, -0.2) is 18.7 Å². The number of nitrogens with zero attached hydrogens (tertiary/aromatic N) is 2. The van der Waals surface area contributed by atoms with Crippen LogP contribution in [0.5, 0.6) is 11.5 Å². The van der Waals surface area contributed by atoms with Crippen molar-refractivity contribution in [2.45, 2.75) is 38.3 Å². The molecule has 188 valence electrons. The van der Waals surface area contributed by atoms with Gasteiger partial charge >= 0.3 is 0 Å². The molecule has 1 fully saturated rings. The molecule has 1 aromatic heterocycles. The van der Waals surface area contributed by atoms with Crippen molar-refractivity contribution in [1.29, 1.82) is 0 Å². The molecule has 0 radical (unpaired) electrons. The van der Waals surface area contributed by atoms with Crippen molar-refractivity contribution < 1.29 is 36.9 Å². The lowest BCUT2D eigenvalue weighted by Crippen LogP contribution is -2.21. The maximum Gasteiger partial charge on any atom is 0.298 e. The van der Waals surface area contributed by atoms with Crippen molar-refractivity contribution in [3.8, 4) is 11.5 Å². The van der Waals surface area contributed by atoms with E-state index in [0.717, 1.165) is 18.9 Å². The molecule has 1 aliphatic rings. The zero-order valence-corrected chi connectivity index (χ0v) is 19.2. The Bertz CT molecular complexity index is 1220. The summed E-state index contributed by atoms with van der Waals surface area (Å²) in [5.41, 5.74) is -0.817. The number of benzene rings is 2. The van der Waals surface area contributed by atoms with E-state index in [1.807, 2.05) is 0 Å². The summed E-state index contributed by atoms with van der Waals surface area (Å²) in [4.78, 5) is 8.48. The van der Waals surface area contributed by atoms with E-state index in [2.05, 4.69) is 15.3 Å². The molecule has 0 atom stereocenters. The third kappa shape index (κ3) is 5.40. The lowest BCUT2D eigenvalue weighted by molar-refractivity contribution is -0.0583. The quantitative estimate of drug-likeness (QED) is 0.300. The Balaban J connectivity index is 1.64. The summed E-state index contributed by atoms with van der Waals surface area (Å²) in [6.07, 6.45) is 2.23. The molecular formula is C24H25F4N3O4. The number of aryl methyl sites for hydroxylation is 1. The average Bonchev–Trinajstić information content (AvgIpc) is 3.66. The fourth-order valence-electron chi connectivity index (χ4n) is 3.60. The number of rotatable bonds is 11. The lowest BCUT2D eigenvalue weighted by atomic mass is 10.0. The highest BCUT2D eigenvalue weighted by Crippen LogP contribution is 2.38. The molecule has 1 aliphatic carbocycles. The van der Waals surface area contributed by atoms with Crippen molar-refractivity contribution in [2.75, 3.05) is 32.2 Å². The SMILES string of the molecule is COc1cc2nc(C)nc(NCc3cccc(C(F)(F)CO)c3F)c2c(F)c1OCCOC1CC1. The van der Waals surface area contributed by atoms with Crippen molar-refractivity contribution in [3.63, 3.8) is 0 Å². The summed E-state index contributed by atoms with van der Waals surface area (Å²) < 4.78 is 74.5. The highest BCUT2D eigenvalue weighted by atomic mass is 19.3. The van der Waals surface area contributed by atoms with E-state index in [1.54, 1.807) is 6.92 Å². The molecule has 2 aromatic carbocycles. The smallest absolute Gasteiger partial charge is 0.298 e. The number of hydrogen-bond donors (Lipinski definition) is 2. The largest absolute Gasteiger partial charge is 0.493 e. The number of aliphatic hydroxyl groups excluding tert-OH is 1. The summed E-state index contributed by atoms with van der Waals surface area (Å²) in [6.45, 7) is 0.177. The van der Waals surface area contributed by atoms with Crippen molar-refractivity contribution in [1.82, 2.24) is 9.97 Å². The van der Waals surface area contributed by atoms with Crippen LogP contribution in [0.2, 0.25) is 0 Å². The van der Waals surface area contributed by atoms with Crippen LogP contribution in [0.15, 0.2) is 24.3 Å². The van der Waals surface area contributed by atoms with E-state index < -0.39 is 29.7 Å². The van der Waals surface area contributed by atoms with Gasteiger partial charge in [-0.3, -0.25) is 0 Å². The second-order valence-corrected chi connectivity index (χ2v) is 8.15. The Morgan fingerprint density at radius 1 is 1.14 bits per heavy atom. The van der Waals surface area contributed by atoms with Crippen LogP contribution < -0.4 is 14.8 Å². The molecule has 35 heavy (non-hydrogen) atoms. The number of hydrogen-bond acceptors (Lipinski definition) is 7. The van der Waals surface area contributed by atoms with Gasteiger partial charge in [-0.15, -0.1) is 0 Å². The first-order valence-electron chi connectivity index (χ1n) is 11.0. The predicted molar refractivity (Wildman–Crippen MR) is 120 cm³/mol. The fraction of sp³-hybridized carbons (Fsp3) is 0.417. The number of aliphatic hydroxyl groups is 1. The zero-order chi connectivity index (χ0) is 25.2. The lowest BCUT2D eigenvalue weighted by Gasteiger charge is -2.18. The predicted octanol–water partition coefficient (Wildman–Crippen LogP) is 4.48. The maximum absolute atomic E-state index is 15.6. The first-order valence-corrected chi connectivity index (χ1v) is 11.0. The van der Waals surface area contributed by atoms with Crippen LogP contribution in [-0.4, -0.2) is 48.1 Å². The molecule has 0 saturated heterocycles. The molecule has 4 rings (SSSR count). The van der Waals surface area contributed by atoms with Gasteiger partial charge in [0.15, 0.2) is 17.3 Å². The number of ether oxygens (including phenoxy) is 3. The summed E-state index contributed by atoms with van der Waals surface area (Å²) in [5, 5.41) is 11.7. The monoisotopic (exact) mass is 495 g/mol. The van der Waals surface area contributed by atoms with Gasteiger partial charge in [0.25, 0.3) is 5.92 Å². The van der Waals surface area contributed by atoms with Crippen LogP contribution >= 0.6 is 0 Å². The molecule has 3 aromatic rings. The Kier molecular flexibility index (Phi) is 7.27. The Labute approximate surface area is 199 Å². The van der Waals surface area contributed by atoms with Crippen molar-refractivity contribution in [2.24, 2.45) is 0 Å². The Hall–Kier alpha value is -3.18. The third-order valence-electron chi connectivity index (χ3n) is 5.50. The molecule has 1 saturated carbocycles. The molecule has 0 aliphatic heterocycles. The number of fused-ring (bicyclic) bond motifs is 1. The van der Waals surface area contributed by atoms with Crippen LogP contribution in [0.1, 0.15) is 29.8 Å². The maximum atomic E-state index is 15.6. The summed E-state index contributed by atoms with van der Waals surface area (Å²) in [7, 11) is 1.37. The van der Waals surface area contributed by atoms with Gasteiger partial charge in [0, 0.05) is 18.2 Å². The summed E-state index contributed by atoms with van der Waals surface area (Å²) >= 11 is 0. The van der Waals surface area contributed by atoms with Gasteiger partial charge < -0.3 is 24.6 Å². The molecule has 0 spiro atoms. The molecule has 7 nitrogen and oxygen atoms in total. The molecule has 1 heterocycles. The van der Waals surface area contributed by atoms with Gasteiger partial charge in [-0.1, -0.05) is 12.1 Å². The molecule has 0 amide bonds. The minimum atomic E-state index is -3.74. The number of alkyl halides is 2. The highest BCUT2D eigenvalue weighted by molar-refractivity contribution is 5.92. The minimum absolute atomic E-state index is 0.0215. The van der Waals surface area contributed by atoms with Crippen molar-refractivity contribution >= 4 is 16.7 Å². The first kappa shape index (κ1) is 24.9. The van der Waals surface area contributed by atoms with Crippen LogP contribution in [0.25, 0.3) is 10.9 Å². The van der Waals surface area contributed by atoms with E-state index in [0.29, 0.717) is 5.82 Å². The second kappa shape index (κ2) is 10.2. The highest BCUT2D eigenvalue weighted by Gasteiger charge is 2.34. The van der Waals surface area contributed by atoms with Crippen LogP contribution in [0.3, 0.4) is 0 Å². The van der Waals surface area contributed by atoms with Gasteiger partial charge in [-0.05, 0) is 25.8 Å². The van der Waals surface area contributed by atoms with E-state index in [1.165, 1.54) is 25.3 Å². The number of anilines is 1. The summed E-state index contributed by atoms with van der Waals surface area (Å²) in [5.74, 6) is -5.37. The Morgan fingerprint density at radius 2 is 1.91 bits per heavy atom. The second-order valence-electron chi connectivity index (χ2n) is 8.15. The topological polar surface area (TPSA) is 85.7 Å². The zero-order valence-electron chi connectivity index (χ0n) is 19.2. The summed E-state index contributed by atoms with van der Waals surface area (Å²) in [6, 6.07) is 4.97. The number of nitrogens with one attached hydrogen (secondary N) is 1. The van der Waals surface area contributed by atoms with Crippen LogP contribution in [0.4, 0.5) is 23.4 Å². The van der Waals surface area contributed by atoms with Crippen molar-refractivity contribution in [3.05, 3.63) is 52.9 Å². The minimum Gasteiger partial charge on any atom is -0.493 e. The van der Waals surface area contributed by atoms with E-state index >= 15 is 4.39 Å². The van der Waals surface area contributed by atoms with Crippen LogP contribution in [-0.2, 0) is 17.2 Å². The fourth-order valence-corrected chi connectivity index (χ4v) is 3.60. The number of methoxy groups -OCH3 is 1. The molecule has 2 N–H and O–H groups in total.